The van der Waals surface area contributed by atoms with Crippen LogP contribution in [-0.2, 0) is 128 Å². The standard InChI is InChI=1S/C72H93N30O31P7S7/c1-5-33-34(6-49(120-33)98-26-89-54-60(74)79-21-84-65(54)98)128-135(107,142)114-18-44-38(10-51(124-44)100-28-91-56-62(76)81-23-86-67(56)100)131-138(110,145)116-16-42-36(7-47(121-42)96-13-31(2)59(73)94-71(96)104)129-137(109,144)118-19-45-40(12-53(125-45)102-30-93-58-64(78)83-25-88-69(58)102)133-140(112,147)119-20-46-39(11-52(126-46)101-29-92-57-63(77)82-24-87-68(57)101)132-139(111,146)117-17-43-37(8-48(122-43)97-14-32(3)70(103)95-72(97)105)130-136(108,143)115-15-41-35(127-134(106,141)113-4)9-50(123-41)99-27-90-55-61(75)80-22-85-66(55)99/h13-14,21-30,33-53H,5-12,15-20H2,1-4H3,(H,106,141)(H,107,142)(H,108,143)(H,109,144)(H,110,145)(H,111,146)(H,112,147)(H2,73,94,104)(H2,74,79,84)(H2,75,80,85)(H2,76,81,86)(H2,77,82,87)(H2,78,83,88)(H,95,103,105)/t33-,34-,35-,36-,37-,38-,39-,40-,41-,42-,43-,44-,45-,46-,47-,48-,49-,50-,51-,52-,53-,134?,135?,136?,137?,138?,139?,140?/m1/s1. The molecule has 28 atom stereocenters. The van der Waals surface area contributed by atoms with Gasteiger partial charge in [-0.2, -0.15) is 4.98 Å². The summed E-state index contributed by atoms with van der Waals surface area (Å²) in [4.78, 5) is 109. The summed E-state index contributed by atoms with van der Waals surface area (Å²) < 4.78 is 241. The van der Waals surface area contributed by atoms with Crippen molar-refractivity contribution in [3.8, 4) is 0 Å². The fraction of sp³-hybridized carbons (Fsp3) is 0.542. The molecule has 0 amide bonds. The van der Waals surface area contributed by atoms with Crippen LogP contribution in [0.2, 0.25) is 0 Å². The van der Waals surface area contributed by atoms with E-state index in [0.717, 1.165) is 16.2 Å². The number of nitrogens with one attached hydrogen (secondary N) is 1. The fourth-order valence-corrected chi connectivity index (χ4v) is 27.7. The number of hydrogen-bond acceptors (Lipinski definition) is 53. The van der Waals surface area contributed by atoms with Gasteiger partial charge in [0.15, 0.2) is 57.3 Å². The molecule has 7 aliphatic rings. The van der Waals surface area contributed by atoms with Crippen LogP contribution in [0.1, 0.15) is 113 Å². The first-order valence-corrected chi connectivity index (χ1v) is 63.1. The summed E-state index contributed by atoms with van der Waals surface area (Å²) in [5.41, 5.74) is 37.0. The molecule has 0 aromatic carbocycles. The van der Waals surface area contributed by atoms with Crippen molar-refractivity contribution in [2.24, 2.45) is 0 Å². The Morgan fingerprint density at radius 2 is 0.544 bits per heavy atom. The predicted molar refractivity (Wildman–Crippen MR) is 535 cm³/mol. The number of H-pyrrole nitrogens is 1. The number of ether oxygens (including phenoxy) is 7. The van der Waals surface area contributed by atoms with Gasteiger partial charge in [0.05, 0.1) is 83.5 Å². The first-order chi connectivity index (χ1) is 69.8. The first kappa shape index (κ1) is 108. The molecule has 19 heterocycles. The summed E-state index contributed by atoms with van der Waals surface area (Å²) in [6.07, 6.45) is -11.1. The Bertz CT molecular complexity index is 7540. The number of fused-ring (bicyclic) bond motifs is 5. The number of hydrogen-bond donors (Lipinski definition) is 14. The minimum atomic E-state index is -4.84. The Morgan fingerprint density at radius 3 is 0.796 bits per heavy atom. The zero-order chi connectivity index (χ0) is 104. The van der Waals surface area contributed by atoms with Gasteiger partial charge in [0.2, 0.25) is 0 Å². The molecule has 12 aromatic heterocycles. The molecule has 147 heavy (non-hydrogen) atoms. The van der Waals surface area contributed by atoms with E-state index in [1.54, 1.807) is 11.5 Å². The van der Waals surface area contributed by atoms with Gasteiger partial charge in [-0.3, -0.25) is 101 Å². The number of aromatic amines is 1. The number of thiol groups is 7. The van der Waals surface area contributed by atoms with Crippen LogP contribution in [0.5, 0.6) is 0 Å². The highest BCUT2D eigenvalue weighted by atomic mass is 32.7. The minimum Gasteiger partial charge on any atom is -0.383 e. The molecular weight excluding hydrogens is 2220 g/mol. The van der Waals surface area contributed by atoms with E-state index in [4.69, 9.17) is 131 Å². The maximum absolute atomic E-state index is 15.2. The quantitative estimate of drug-likeness (QED) is 0.0127. The molecule has 7 unspecified atom stereocenters. The topological polar surface area (TPSA) is 777 Å². The van der Waals surface area contributed by atoms with E-state index in [2.05, 4.69) is 170 Å². The second kappa shape index (κ2) is 43.3. The highest BCUT2D eigenvalue weighted by molar-refractivity contribution is 8.46. The van der Waals surface area contributed by atoms with E-state index in [1.807, 2.05) is 6.92 Å². The molecule has 794 valence electrons. The maximum Gasteiger partial charge on any atom is 0.386 e. The van der Waals surface area contributed by atoms with Crippen molar-refractivity contribution in [2.75, 3.05) is 81.2 Å². The van der Waals surface area contributed by atoms with E-state index < -0.39 is 233 Å². The smallest absolute Gasteiger partial charge is 0.383 e. The van der Waals surface area contributed by atoms with Crippen LogP contribution in [0.15, 0.2) is 90.1 Å². The van der Waals surface area contributed by atoms with E-state index >= 15 is 13.7 Å². The molecule has 75 heteroatoms. The summed E-state index contributed by atoms with van der Waals surface area (Å²) in [7, 11) is 1.11. The van der Waals surface area contributed by atoms with Crippen molar-refractivity contribution in [3.05, 3.63) is 118 Å². The molecule has 13 N–H and O–H groups in total. The Kier molecular flexibility index (Phi) is 31.8. The molecule has 0 radical (unpaired) electrons. The van der Waals surface area contributed by atoms with Gasteiger partial charge in [0.25, 0.3) is 5.56 Å². The van der Waals surface area contributed by atoms with Crippen LogP contribution >= 0.6 is 133 Å². The summed E-state index contributed by atoms with van der Waals surface area (Å²) >= 11 is 30.4. The van der Waals surface area contributed by atoms with Gasteiger partial charge in [0, 0.05) is 75.6 Å². The van der Waals surface area contributed by atoms with Gasteiger partial charge in [-0.15, -0.1) is 0 Å². The highest BCUT2D eigenvalue weighted by Gasteiger charge is 2.53. The molecule has 0 spiro atoms. The van der Waals surface area contributed by atoms with E-state index in [0.29, 0.717) is 23.1 Å². The highest BCUT2D eigenvalue weighted by Crippen LogP contribution is 2.65. The summed E-state index contributed by atoms with van der Waals surface area (Å²) in [5, 5.41) is 0. The largest absolute Gasteiger partial charge is 0.386 e. The van der Waals surface area contributed by atoms with Crippen molar-refractivity contribution in [1.29, 1.82) is 0 Å². The average molecular weight is 2320 g/mol. The van der Waals surface area contributed by atoms with Gasteiger partial charge < -0.3 is 72.1 Å². The third-order valence-corrected chi connectivity index (χ3v) is 36.2. The van der Waals surface area contributed by atoms with Gasteiger partial charge in [0.1, 0.15) is 182 Å². The molecular formula is C72H93N30O31P7S7. The first-order valence-electron chi connectivity index (χ1n) is 44.2. The normalized spacial score (nSPS) is 29.4. The lowest BCUT2D eigenvalue weighted by Crippen LogP contribution is -2.33. The number of nitrogens with two attached hydrogens (primary N) is 6. The summed E-state index contributed by atoms with van der Waals surface area (Å²) in [5.74, 6) is 0.136. The molecule has 7 fully saturated rings. The fourth-order valence-electron chi connectivity index (χ4n) is 17.6. The van der Waals surface area contributed by atoms with E-state index in [9.17, 15) is 32.6 Å². The number of aryl methyl sites for hydroxylation is 2. The van der Waals surface area contributed by atoms with E-state index in [1.165, 1.54) is 101 Å². The lowest BCUT2D eigenvalue weighted by molar-refractivity contribution is -0.0529. The van der Waals surface area contributed by atoms with Crippen LogP contribution in [0.3, 0.4) is 0 Å². The Balaban J connectivity index is 0.537. The van der Waals surface area contributed by atoms with Crippen molar-refractivity contribution in [3.63, 3.8) is 0 Å². The molecule has 0 bridgehead atoms. The van der Waals surface area contributed by atoms with Crippen molar-refractivity contribution in [2.45, 2.75) is 201 Å². The SMILES string of the molecule is CC[C@H]1O[C@@H](n2cnc3c(N)ncnc32)C[C@H]1OP(=O)(S)OC[C@H]1O[C@@H](n2cnc3c(N)ncnc32)C[C@H]1OP(=O)(S)OC[C@H]1O[C@@H](n2cc(C)c(N)nc2=O)C[C@H]1OP(=O)(S)OC[C@H]1O[C@@H](n2cnc3c(N)ncnc32)C[C@H]1OP(=O)(S)OC[C@H]1O[C@@H](n2cnc3c(N)ncnc32)C[C@H]1OP(=O)(S)OC[C@H]1O[C@@H](n2cc(C)c(=O)[nH]c2=O)C[C@H]1OP(=O)(S)OC[C@H]1O[C@@H](n2cnc3c(N)ncnc32)C[C@H]1OP(=O)(S)OC. The molecule has 7 saturated heterocycles. The zero-order valence-corrected chi connectivity index (χ0v) is 89.1. The monoisotopic (exact) mass is 2310 g/mol. The van der Waals surface area contributed by atoms with Crippen molar-refractivity contribution >= 4 is 224 Å². The van der Waals surface area contributed by atoms with Gasteiger partial charge >= 0.3 is 59.0 Å². The molecule has 7 aliphatic heterocycles. The van der Waals surface area contributed by atoms with Crippen LogP contribution in [0.25, 0.3) is 55.8 Å². The lowest BCUT2D eigenvalue weighted by Gasteiger charge is -2.27. The Hall–Kier alpha value is -7.67. The van der Waals surface area contributed by atoms with Crippen molar-refractivity contribution < 1.29 is 128 Å². The van der Waals surface area contributed by atoms with Crippen LogP contribution in [-0.4, -0.2) is 249 Å². The third-order valence-electron chi connectivity index (χ3n) is 24.6. The molecule has 0 aliphatic carbocycles. The maximum atomic E-state index is 15.2. The number of rotatable bonds is 41. The van der Waals surface area contributed by atoms with Gasteiger partial charge in [-0.05, 0) is 20.3 Å². The van der Waals surface area contributed by atoms with Crippen LogP contribution in [0, 0.1) is 13.8 Å². The van der Waals surface area contributed by atoms with Crippen molar-refractivity contribution in [1.82, 2.24) is 117 Å². The number of nitrogen functional groups attached to an aromatic ring is 6. The van der Waals surface area contributed by atoms with Gasteiger partial charge in [-0.25, -0.2) is 116 Å². The summed E-state index contributed by atoms with van der Waals surface area (Å²) in [6, 6.07) is 0. The second-order valence-corrected chi connectivity index (χ2v) is 54.3. The van der Waals surface area contributed by atoms with Crippen LogP contribution < -0.4 is 51.3 Å². The van der Waals surface area contributed by atoms with E-state index in [-0.39, 0.29) is 130 Å². The number of nitrogens with zero attached hydrogens (tertiary/aromatic N) is 23. The second-order valence-electron chi connectivity index (χ2n) is 34.1. The summed E-state index contributed by atoms with van der Waals surface area (Å²) in [6.45, 7) is -31.9. The molecule has 12 aromatic rings. The van der Waals surface area contributed by atoms with Gasteiger partial charge in [-0.1, -0.05) is 92.7 Å². The molecule has 61 nitrogen and oxygen atoms in total. The number of anilines is 6. The van der Waals surface area contributed by atoms with Crippen LogP contribution in [0.4, 0.5) is 34.9 Å². The average Bonchev–Trinajstić information content (AvgIpc) is 1.64. The number of imidazole rings is 5. The molecule has 19 rings (SSSR count). The zero-order valence-electron chi connectivity index (χ0n) is 76.6. The minimum absolute atomic E-state index is 0.0108. The Labute approximate surface area is 864 Å². The predicted octanol–water partition coefficient (Wildman–Crippen LogP) is 8.23. The Morgan fingerprint density at radius 1 is 0.320 bits per heavy atom. The third kappa shape index (κ3) is 24.0. The molecule has 0 saturated carbocycles. The lowest BCUT2D eigenvalue weighted by atomic mass is 10.1. The number of aromatic nitrogens is 24.